The fourth-order valence-electron chi connectivity index (χ4n) is 5.37. The summed E-state index contributed by atoms with van der Waals surface area (Å²) in [7, 11) is 0. The molecule has 4 aromatic rings. The maximum absolute atomic E-state index is 13.3. The number of nitrogens with zero attached hydrogens (tertiary/aromatic N) is 5. The lowest BCUT2D eigenvalue weighted by atomic mass is 9.99. The highest BCUT2D eigenvalue weighted by Gasteiger charge is 2.28. The third-order valence-corrected chi connectivity index (χ3v) is 7.29. The Morgan fingerprint density at radius 2 is 1.77 bits per heavy atom. The molecule has 1 aliphatic heterocycles. The molecule has 0 aliphatic carbocycles. The molecular weight excluding hydrogens is 490 g/mol. The number of piperidine rings is 1. The maximum atomic E-state index is 13.3. The van der Waals surface area contributed by atoms with Crippen molar-refractivity contribution < 1.29 is 9.59 Å². The molecule has 1 atom stereocenters. The summed E-state index contributed by atoms with van der Waals surface area (Å²) >= 11 is 0. The Kier molecular flexibility index (Phi) is 7.86. The summed E-state index contributed by atoms with van der Waals surface area (Å²) in [6.45, 7) is 7.01. The summed E-state index contributed by atoms with van der Waals surface area (Å²) in [4.78, 5) is 36.5. The number of fused-ring (bicyclic) bond motifs is 1. The second kappa shape index (κ2) is 11.6. The molecule has 1 fully saturated rings. The van der Waals surface area contributed by atoms with E-state index in [1.54, 1.807) is 6.33 Å². The Morgan fingerprint density at radius 3 is 2.49 bits per heavy atom. The number of anilines is 1. The van der Waals surface area contributed by atoms with Crippen LogP contribution in [0.25, 0.3) is 5.78 Å². The molecule has 1 unspecified atom stereocenters. The molecule has 9 nitrogen and oxygen atoms in total. The normalized spacial score (nSPS) is 14.8. The van der Waals surface area contributed by atoms with E-state index in [1.807, 2.05) is 54.8 Å². The minimum atomic E-state index is -0.613. The average Bonchev–Trinajstić information content (AvgIpc) is 3.37. The van der Waals surface area contributed by atoms with E-state index in [4.69, 9.17) is 4.98 Å². The Labute approximate surface area is 228 Å². The van der Waals surface area contributed by atoms with Gasteiger partial charge in [0, 0.05) is 50.2 Å². The lowest BCUT2D eigenvalue weighted by Crippen LogP contribution is -2.52. The van der Waals surface area contributed by atoms with Gasteiger partial charge in [0.05, 0.1) is 0 Å². The van der Waals surface area contributed by atoms with Gasteiger partial charge in [-0.3, -0.25) is 9.59 Å². The minimum absolute atomic E-state index is 0.0225. The molecule has 0 radical (unpaired) electrons. The summed E-state index contributed by atoms with van der Waals surface area (Å²) in [6, 6.07) is 17.8. The number of aromatic nitrogens is 4. The van der Waals surface area contributed by atoms with Crippen LogP contribution in [-0.2, 0) is 22.4 Å². The lowest BCUT2D eigenvalue weighted by molar-refractivity contribution is -0.128. The van der Waals surface area contributed by atoms with Crippen LogP contribution in [0.5, 0.6) is 0 Å². The Morgan fingerprint density at radius 1 is 1.03 bits per heavy atom. The van der Waals surface area contributed by atoms with Crippen LogP contribution in [0.4, 0.5) is 5.82 Å². The zero-order chi connectivity index (χ0) is 27.4. The molecule has 0 saturated carbocycles. The fraction of sp³-hybridized carbons (Fsp3) is 0.367. The quantitative estimate of drug-likeness (QED) is 0.366. The van der Waals surface area contributed by atoms with Crippen LogP contribution < -0.4 is 15.5 Å². The molecule has 2 amide bonds. The van der Waals surface area contributed by atoms with Crippen LogP contribution >= 0.6 is 0 Å². The van der Waals surface area contributed by atoms with E-state index >= 15 is 0 Å². The van der Waals surface area contributed by atoms with Crippen LogP contribution in [-0.4, -0.2) is 56.6 Å². The van der Waals surface area contributed by atoms with Gasteiger partial charge in [-0.1, -0.05) is 60.2 Å². The summed E-state index contributed by atoms with van der Waals surface area (Å²) in [5.74, 6) is 1.24. The second-order valence-corrected chi connectivity index (χ2v) is 10.3. The molecule has 3 heterocycles. The molecule has 2 N–H and O–H groups in total. The van der Waals surface area contributed by atoms with E-state index in [0.717, 1.165) is 60.6 Å². The van der Waals surface area contributed by atoms with Gasteiger partial charge in [-0.15, -0.1) is 0 Å². The van der Waals surface area contributed by atoms with Crippen molar-refractivity contribution in [1.29, 1.82) is 0 Å². The van der Waals surface area contributed by atoms with Gasteiger partial charge in [0.15, 0.2) is 0 Å². The van der Waals surface area contributed by atoms with E-state index in [0.29, 0.717) is 12.2 Å². The smallest absolute Gasteiger partial charge is 0.254 e. The van der Waals surface area contributed by atoms with Gasteiger partial charge in [-0.25, -0.2) is 4.98 Å². The molecule has 5 rings (SSSR count). The van der Waals surface area contributed by atoms with E-state index in [2.05, 4.69) is 43.8 Å². The highest BCUT2D eigenvalue weighted by molar-refractivity contribution is 5.87. The molecule has 0 spiro atoms. The standard InChI is InChI=1S/C30H35N7O2/c1-20-8-7-11-24(16-20)18-27(34-22(3)38)28(39)35-25-12-14-36(15-13-25)29-26(17-23-9-5-4-6-10-23)21(2)33-30-31-19-32-37(29)30/h4-11,16,19,25,27H,12-15,17-18H2,1-3H3,(H,34,38)(H,35,39). The van der Waals surface area contributed by atoms with Crippen molar-refractivity contribution in [2.45, 2.75) is 58.5 Å². The monoisotopic (exact) mass is 525 g/mol. The Hall–Kier alpha value is -4.27. The highest BCUT2D eigenvalue weighted by atomic mass is 16.2. The molecule has 202 valence electrons. The number of carbonyl (C=O) groups excluding carboxylic acids is 2. The van der Waals surface area contributed by atoms with Gasteiger partial charge >= 0.3 is 0 Å². The number of aryl methyl sites for hydroxylation is 2. The van der Waals surface area contributed by atoms with Gasteiger partial charge in [0.25, 0.3) is 5.78 Å². The summed E-state index contributed by atoms with van der Waals surface area (Å²) in [5.41, 5.74) is 5.43. The summed E-state index contributed by atoms with van der Waals surface area (Å²) < 4.78 is 1.83. The molecule has 2 aromatic heterocycles. The minimum Gasteiger partial charge on any atom is -0.356 e. The van der Waals surface area contributed by atoms with Crippen LogP contribution in [0.2, 0.25) is 0 Å². The van der Waals surface area contributed by atoms with Crippen LogP contribution in [0.1, 0.15) is 47.7 Å². The molecule has 2 aromatic carbocycles. The second-order valence-electron chi connectivity index (χ2n) is 10.3. The number of nitrogens with one attached hydrogen (secondary N) is 2. The molecular formula is C30H35N7O2. The molecule has 1 aliphatic rings. The topological polar surface area (TPSA) is 105 Å². The number of benzene rings is 2. The number of hydrogen-bond donors (Lipinski definition) is 2. The highest BCUT2D eigenvalue weighted by Crippen LogP contribution is 2.28. The SMILES string of the molecule is CC(=O)NC(Cc1cccc(C)c1)C(=O)NC1CCN(c2c(Cc3ccccc3)c(C)nc3ncnn23)CC1. The van der Waals surface area contributed by atoms with Crippen molar-refractivity contribution in [3.63, 3.8) is 0 Å². The number of amides is 2. The van der Waals surface area contributed by atoms with Gasteiger partial charge in [-0.2, -0.15) is 14.6 Å². The van der Waals surface area contributed by atoms with Crippen LogP contribution in [0, 0.1) is 13.8 Å². The van der Waals surface area contributed by atoms with Crippen molar-refractivity contribution >= 4 is 23.4 Å². The number of carbonyl (C=O) groups is 2. The summed E-state index contributed by atoms with van der Waals surface area (Å²) in [5, 5.41) is 10.5. The zero-order valence-corrected chi connectivity index (χ0v) is 22.7. The fourth-order valence-corrected chi connectivity index (χ4v) is 5.37. The molecule has 0 bridgehead atoms. The van der Waals surface area contributed by atoms with Gasteiger partial charge in [0.1, 0.15) is 18.2 Å². The van der Waals surface area contributed by atoms with Crippen molar-refractivity contribution in [1.82, 2.24) is 30.2 Å². The first-order chi connectivity index (χ1) is 18.9. The largest absolute Gasteiger partial charge is 0.356 e. The first kappa shape index (κ1) is 26.3. The third kappa shape index (κ3) is 6.25. The number of hydrogen-bond acceptors (Lipinski definition) is 6. The Bertz CT molecular complexity index is 1460. The Balaban J connectivity index is 1.30. The maximum Gasteiger partial charge on any atom is 0.254 e. The van der Waals surface area contributed by atoms with E-state index in [9.17, 15) is 9.59 Å². The lowest BCUT2D eigenvalue weighted by Gasteiger charge is -2.35. The predicted octanol–water partition coefficient (Wildman–Crippen LogP) is 3.16. The van der Waals surface area contributed by atoms with E-state index in [-0.39, 0.29) is 17.9 Å². The van der Waals surface area contributed by atoms with Crippen LogP contribution in [0.15, 0.2) is 60.9 Å². The van der Waals surface area contributed by atoms with E-state index in [1.165, 1.54) is 12.5 Å². The average molecular weight is 526 g/mol. The van der Waals surface area contributed by atoms with Gasteiger partial charge in [0.2, 0.25) is 11.8 Å². The first-order valence-corrected chi connectivity index (χ1v) is 13.5. The molecule has 1 saturated heterocycles. The van der Waals surface area contributed by atoms with Crippen molar-refractivity contribution in [2.24, 2.45) is 0 Å². The predicted molar refractivity (Wildman–Crippen MR) is 151 cm³/mol. The molecule has 9 heteroatoms. The molecule has 39 heavy (non-hydrogen) atoms. The van der Waals surface area contributed by atoms with E-state index < -0.39 is 6.04 Å². The van der Waals surface area contributed by atoms with Crippen molar-refractivity contribution in [3.8, 4) is 0 Å². The summed E-state index contributed by atoms with van der Waals surface area (Å²) in [6.07, 6.45) is 4.31. The van der Waals surface area contributed by atoms with Gasteiger partial charge in [-0.05, 0) is 37.8 Å². The van der Waals surface area contributed by atoms with Crippen LogP contribution in [0.3, 0.4) is 0 Å². The zero-order valence-electron chi connectivity index (χ0n) is 22.7. The first-order valence-electron chi connectivity index (χ1n) is 13.5. The number of rotatable bonds is 8. The van der Waals surface area contributed by atoms with Gasteiger partial charge < -0.3 is 15.5 Å². The third-order valence-electron chi connectivity index (χ3n) is 7.29. The van der Waals surface area contributed by atoms with Crippen molar-refractivity contribution in [3.05, 3.63) is 88.9 Å². The van der Waals surface area contributed by atoms with Crippen molar-refractivity contribution in [2.75, 3.05) is 18.0 Å².